The van der Waals surface area contributed by atoms with Crippen molar-refractivity contribution in [3.05, 3.63) is 35.9 Å². The molecule has 0 aliphatic carbocycles. The Kier molecular flexibility index (Phi) is 3.47. The summed E-state index contributed by atoms with van der Waals surface area (Å²) in [6.07, 6.45) is 2.24. The third-order valence-corrected chi connectivity index (χ3v) is 2.77. The molecule has 17 heavy (non-hydrogen) atoms. The first-order valence-corrected chi connectivity index (χ1v) is 5.85. The second-order valence-corrected chi connectivity index (χ2v) is 4.42. The summed E-state index contributed by atoms with van der Waals surface area (Å²) in [5.41, 5.74) is 3.17. The Bertz CT molecular complexity index is 452. The SMILES string of the molecule is C=C(C)CCOc1ccc2c(c1)NC(=O)CC2. The van der Waals surface area contributed by atoms with Crippen molar-refractivity contribution in [3.63, 3.8) is 0 Å². The molecular formula is C14H17NO2. The molecule has 3 nitrogen and oxygen atoms in total. The van der Waals surface area contributed by atoms with E-state index in [0.29, 0.717) is 13.0 Å². The molecule has 1 aliphatic heterocycles. The van der Waals surface area contributed by atoms with Gasteiger partial charge in [0.2, 0.25) is 5.91 Å². The molecule has 1 aromatic carbocycles. The molecule has 1 N–H and O–H groups in total. The summed E-state index contributed by atoms with van der Waals surface area (Å²) in [6, 6.07) is 5.87. The molecular weight excluding hydrogens is 214 g/mol. The predicted octanol–water partition coefficient (Wildman–Crippen LogP) is 2.92. The van der Waals surface area contributed by atoms with Crippen LogP contribution in [0.3, 0.4) is 0 Å². The molecule has 0 radical (unpaired) electrons. The summed E-state index contributed by atoms with van der Waals surface area (Å²) < 4.78 is 5.61. The molecule has 0 saturated carbocycles. The Morgan fingerprint density at radius 1 is 1.47 bits per heavy atom. The van der Waals surface area contributed by atoms with E-state index in [0.717, 1.165) is 29.9 Å². The van der Waals surface area contributed by atoms with Crippen LogP contribution in [0.2, 0.25) is 0 Å². The number of fused-ring (bicyclic) bond motifs is 1. The average Bonchev–Trinajstić information content (AvgIpc) is 2.28. The molecule has 2 rings (SSSR count). The number of rotatable bonds is 4. The monoisotopic (exact) mass is 231 g/mol. The minimum Gasteiger partial charge on any atom is -0.493 e. The highest BCUT2D eigenvalue weighted by Gasteiger charge is 2.14. The number of ether oxygens (including phenoxy) is 1. The summed E-state index contributed by atoms with van der Waals surface area (Å²) >= 11 is 0. The number of aryl methyl sites for hydroxylation is 1. The molecule has 0 spiro atoms. The standard InChI is InChI=1S/C14H17NO2/c1-10(2)7-8-17-12-5-3-11-4-6-14(16)15-13(11)9-12/h3,5,9H,1,4,6-8H2,2H3,(H,15,16). The predicted molar refractivity (Wildman–Crippen MR) is 68.3 cm³/mol. The van der Waals surface area contributed by atoms with Crippen molar-refractivity contribution in [2.45, 2.75) is 26.2 Å². The van der Waals surface area contributed by atoms with Gasteiger partial charge in [-0.2, -0.15) is 0 Å². The maximum absolute atomic E-state index is 11.3. The summed E-state index contributed by atoms with van der Waals surface area (Å²) in [5.74, 6) is 0.879. The largest absolute Gasteiger partial charge is 0.493 e. The van der Waals surface area contributed by atoms with Crippen LogP contribution in [0.1, 0.15) is 25.3 Å². The highest BCUT2D eigenvalue weighted by atomic mass is 16.5. The Morgan fingerprint density at radius 2 is 2.29 bits per heavy atom. The fourth-order valence-corrected chi connectivity index (χ4v) is 1.78. The molecule has 1 aliphatic rings. The van der Waals surface area contributed by atoms with Crippen LogP contribution in [-0.4, -0.2) is 12.5 Å². The first-order chi connectivity index (χ1) is 8.15. The smallest absolute Gasteiger partial charge is 0.224 e. The quantitative estimate of drug-likeness (QED) is 0.809. The lowest BCUT2D eigenvalue weighted by Gasteiger charge is -2.17. The Morgan fingerprint density at radius 3 is 3.06 bits per heavy atom. The maximum atomic E-state index is 11.3. The summed E-state index contributed by atoms with van der Waals surface area (Å²) in [5, 5.41) is 2.86. The van der Waals surface area contributed by atoms with Crippen molar-refractivity contribution < 1.29 is 9.53 Å². The third kappa shape index (κ3) is 3.09. The van der Waals surface area contributed by atoms with Gasteiger partial charge < -0.3 is 10.1 Å². The minimum atomic E-state index is 0.0802. The van der Waals surface area contributed by atoms with E-state index in [1.807, 2.05) is 25.1 Å². The highest BCUT2D eigenvalue weighted by Crippen LogP contribution is 2.27. The van der Waals surface area contributed by atoms with Gasteiger partial charge in [0.25, 0.3) is 0 Å². The highest BCUT2D eigenvalue weighted by molar-refractivity contribution is 5.94. The molecule has 0 bridgehead atoms. The first kappa shape index (κ1) is 11.7. The third-order valence-electron chi connectivity index (χ3n) is 2.77. The van der Waals surface area contributed by atoms with E-state index >= 15 is 0 Å². The molecule has 0 atom stereocenters. The maximum Gasteiger partial charge on any atom is 0.224 e. The fraction of sp³-hybridized carbons (Fsp3) is 0.357. The molecule has 0 aromatic heterocycles. The van der Waals surface area contributed by atoms with Gasteiger partial charge >= 0.3 is 0 Å². The molecule has 90 valence electrons. The summed E-state index contributed by atoms with van der Waals surface area (Å²) in [4.78, 5) is 11.3. The zero-order valence-electron chi connectivity index (χ0n) is 10.1. The van der Waals surface area contributed by atoms with Crippen LogP contribution in [0.25, 0.3) is 0 Å². The zero-order valence-corrected chi connectivity index (χ0v) is 10.1. The second kappa shape index (κ2) is 5.04. The van der Waals surface area contributed by atoms with E-state index in [1.165, 1.54) is 5.56 Å². The van der Waals surface area contributed by atoms with Crippen molar-refractivity contribution in [1.29, 1.82) is 0 Å². The minimum absolute atomic E-state index is 0.0802. The van der Waals surface area contributed by atoms with Crippen molar-refractivity contribution in [1.82, 2.24) is 0 Å². The Balaban J connectivity index is 2.02. The van der Waals surface area contributed by atoms with Crippen LogP contribution in [-0.2, 0) is 11.2 Å². The van der Waals surface area contributed by atoms with E-state index < -0.39 is 0 Å². The lowest BCUT2D eigenvalue weighted by molar-refractivity contribution is -0.116. The molecule has 3 heteroatoms. The van der Waals surface area contributed by atoms with Crippen LogP contribution in [0.15, 0.2) is 30.4 Å². The first-order valence-electron chi connectivity index (χ1n) is 5.85. The van der Waals surface area contributed by atoms with Gasteiger partial charge in [-0.1, -0.05) is 11.6 Å². The van der Waals surface area contributed by atoms with Gasteiger partial charge in [-0.05, 0) is 25.0 Å². The fourth-order valence-electron chi connectivity index (χ4n) is 1.78. The molecule has 0 saturated heterocycles. The summed E-state index contributed by atoms with van der Waals surface area (Å²) in [6.45, 7) is 6.44. The molecule has 0 unspecified atom stereocenters. The van der Waals surface area contributed by atoms with Gasteiger partial charge in [-0.25, -0.2) is 0 Å². The Labute approximate surface area is 101 Å². The number of benzene rings is 1. The number of carbonyl (C=O) groups excluding carboxylic acids is 1. The summed E-state index contributed by atoms with van der Waals surface area (Å²) in [7, 11) is 0. The van der Waals surface area contributed by atoms with Gasteiger partial charge in [0.1, 0.15) is 5.75 Å². The van der Waals surface area contributed by atoms with E-state index in [2.05, 4.69) is 11.9 Å². The average molecular weight is 231 g/mol. The van der Waals surface area contributed by atoms with E-state index in [-0.39, 0.29) is 5.91 Å². The van der Waals surface area contributed by atoms with Crippen LogP contribution < -0.4 is 10.1 Å². The van der Waals surface area contributed by atoms with Gasteiger partial charge in [0.15, 0.2) is 0 Å². The van der Waals surface area contributed by atoms with Crippen LogP contribution in [0.4, 0.5) is 5.69 Å². The number of amides is 1. The van der Waals surface area contributed by atoms with Gasteiger partial charge in [0.05, 0.1) is 6.61 Å². The lowest BCUT2D eigenvalue weighted by atomic mass is 10.0. The molecule has 0 fully saturated rings. The molecule has 1 amide bonds. The van der Waals surface area contributed by atoms with Crippen molar-refractivity contribution in [3.8, 4) is 5.75 Å². The lowest BCUT2D eigenvalue weighted by Crippen LogP contribution is -2.18. The number of carbonyl (C=O) groups is 1. The van der Waals surface area contributed by atoms with Gasteiger partial charge in [-0.3, -0.25) is 4.79 Å². The van der Waals surface area contributed by atoms with Gasteiger partial charge in [-0.15, -0.1) is 6.58 Å². The van der Waals surface area contributed by atoms with E-state index in [9.17, 15) is 4.79 Å². The number of hydrogen-bond donors (Lipinski definition) is 1. The number of nitrogens with one attached hydrogen (secondary N) is 1. The van der Waals surface area contributed by atoms with Crippen LogP contribution in [0, 0.1) is 0 Å². The van der Waals surface area contributed by atoms with E-state index in [1.54, 1.807) is 0 Å². The molecule has 1 heterocycles. The normalized spacial score (nSPS) is 13.8. The second-order valence-electron chi connectivity index (χ2n) is 4.42. The van der Waals surface area contributed by atoms with Crippen molar-refractivity contribution >= 4 is 11.6 Å². The number of anilines is 1. The van der Waals surface area contributed by atoms with Crippen LogP contribution >= 0.6 is 0 Å². The number of hydrogen-bond acceptors (Lipinski definition) is 2. The Hall–Kier alpha value is -1.77. The van der Waals surface area contributed by atoms with Gasteiger partial charge in [0, 0.05) is 24.6 Å². The van der Waals surface area contributed by atoms with E-state index in [4.69, 9.17) is 4.74 Å². The van der Waals surface area contributed by atoms with Crippen molar-refractivity contribution in [2.75, 3.05) is 11.9 Å². The molecule has 1 aromatic rings. The zero-order chi connectivity index (χ0) is 12.3. The van der Waals surface area contributed by atoms with Crippen molar-refractivity contribution in [2.24, 2.45) is 0 Å². The topological polar surface area (TPSA) is 38.3 Å². The van der Waals surface area contributed by atoms with Crippen LogP contribution in [0.5, 0.6) is 5.75 Å².